The molecule has 0 radical (unpaired) electrons. The van der Waals surface area contributed by atoms with Gasteiger partial charge in [0.1, 0.15) is 0 Å². The van der Waals surface area contributed by atoms with Gasteiger partial charge in [-0.2, -0.15) is 8.42 Å². The second kappa shape index (κ2) is 6.54. The minimum atomic E-state index is -4.22. The number of hydrogen-bond donors (Lipinski definition) is 2. The van der Waals surface area contributed by atoms with E-state index in [1.165, 1.54) is 24.3 Å². The van der Waals surface area contributed by atoms with E-state index in [1.807, 2.05) is 12.1 Å². The fraction of sp³-hybridized carbons (Fsp3) is 0.0714. The van der Waals surface area contributed by atoms with Gasteiger partial charge < -0.3 is 5.32 Å². The number of carbonyl (C=O) groups is 1. The Labute approximate surface area is 136 Å². The molecule has 0 saturated heterocycles. The average Bonchev–Trinajstić information content (AvgIpc) is 2.47. The molecule has 21 heavy (non-hydrogen) atoms. The summed E-state index contributed by atoms with van der Waals surface area (Å²) in [6.45, 7) is 0. The molecule has 0 heterocycles. The van der Waals surface area contributed by atoms with Gasteiger partial charge in [0.25, 0.3) is 16.0 Å². The lowest BCUT2D eigenvalue weighted by atomic mass is 10.1. The third-order valence-corrected chi connectivity index (χ3v) is 4.53. The van der Waals surface area contributed by atoms with Crippen LogP contribution in [0.25, 0.3) is 0 Å². The molecule has 0 fully saturated rings. The summed E-state index contributed by atoms with van der Waals surface area (Å²) in [5.74, 6) is -0.283. The van der Waals surface area contributed by atoms with Crippen molar-refractivity contribution in [3.63, 3.8) is 0 Å². The number of hydrogen-bond acceptors (Lipinski definition) is 3. The summed E-state index contributed by atoms with van der Waals surface area (Å²) in [7, 11) is -4.22. The largest absolute Gasteiger partial charge is 0.322 e. The minimum Gasteiger partial charge on any atom is -0.322 e. The summed E-state index contributed by atoms with van der Waals surface area (Å²) in [6.07, 6.45) is 0. The van der Waals surface area contributed by atoms with Gasteiger partial charge in [0, 0.05) is 15.7 Å². The van der Waals surface area contributed by atoms with Gasteiger partial charge in [-0.25, -0.2) is 0 Å². The Balaban J connectivity index is 2.12. The van der Waals surface area contributed by atoms with Crippen molar-refractivity contribution in [1.29, 1.82) is 0 Å². The van der Waals surface area contributed by atoms with Crippen molar-refractivity contribution in [2.75, 3.05) is 5.32 Å². The second-order valence-electron chi connectivity index (χ2n) is 4.28. The maximum absolute atomic E-state index is 12.0. The summed E-state index contributed by atoms with van der Waals surface area (Å²) in [5.41, 5.74) is 2.09. The normalized spacial score (nSPS) is 11.1. The highest BCUT2D eigenvalue weighted by atomic mass is 127. The van der Waals surface area contributed by atoms with Crippen LogP contribution in [0.15, 0.2) is 53.4 Å². The van der Waals surface area contributed by atoms with E-state index in [4.69, 9.17) is 4.55 Å². The second-order valence-corrected chi connectivity index (χ2v) is 6.47. The van der Waals surface area contributed by atoms with E-state index in [9.17, 15) is 13.2 Å². The first kappa shape index (κ1) is 15.9. The third-order valence-electron chi connectivity index (χ3n) is 2.78. The molecule has 7 heteroatoms. The van der Waals surface area contributed by atoms with Crippen LogP contribution in [-0.2, 0) is 14.5 Å². The summed E-state index contributed by atoms with van der Waals surface area (Å²) >= 11 is 2.24. The predicted octanol–water partition coefficient (Wildman–Crippen LogP) is 3.12. The van der Waals surface area contributed by atoms with Gasteiger partial charge in [-0.3, -0.25) is 9.35 Å². The Hall–Kier alpha value is -1.45. The van der Waals surface area contributed by atoms with Gasteiger partial charge >= 0.3 is 0 Å². The fourth-order valence-electron chi connectivity index (χ4n) is 1.66. The molecular formula is C14H12INO4S. The molecule has 0 aliphatic heterocycles. The highest BCUT2D eigenvalue weighted by Crippen LogP contribution is 2.15. The standard InChI is InChI=1S/C14H12INO4S/c15-9-10-1-3-11(4-2-10)14(17)16-12-5-7-13(8-6-12)21(18,19)20/h1-8H,9H2,(H,16,17)(H,18,19,20). The first-order valence-corrected chi connectivity index (χ1v) is 8.90. The quantitative estimate of drug-likeness (QED) is 0.455. The van der Waals surface area contributed by atoms with E-state index in [1.54, 1.807) is 12.1 Å². The molecule has 0 aromatic heterocycles. The molecule has 0 aliphatic rings. The van der Waals surface area contributed by atoms with Crippen molar-refractivity contribution in [3.05, 3.63) is 59.7 Å². The number of amides is 1. The topological polar surface area (TPSA) is 83.5 Å². The number of nitrogens with one attached hydrogen (secondary N) is 1. The molecule has 110 valence electrons. The monoisotopic (exact) mass is 417 g/mol. The van der Waals surface area contributed by atoms with Gasteiger partial charge in [0.05, 0.1) is 4.90 Å². The van der Waals surface area contributed by atoms with Crippen LogP contribution >= 0.6 is 22.6 Å². The maximum atomic E-state index is 12.0. The molecule has 0 spiro atoms. The Morgan fingerprint density at radius 2 is 1.62 bits per heavy atom. The molecule has 0 atom stereocenters. The van der Waals surface area contributed by atoms with Crippen molar-refractivity contribution in [1.82, 2.24) is 0 Å². The van der Waals surface area contributed by atoms with E-state index in [2.05, 4.69) is 27.9 Å². The smallest absolute Gasteiger partial charge is 0.294 e. The number of anilines is 1. The summed E-state index contributed by atoms with van der Waals surface area (Å²) < 4.78 is 31.6. The van der Waals surface area contributed by atoms with E-state index in [0.717, 1.165) is 9.99 Å². The Morgan fingerprint density at radius 1 is 1.05 bits per heavy atom. The van der Waals surface area contributed by atoms with Crippen LogP contribution in [0.2, 0.25) is 0 Å². The van der Waals surface area contributed by atoms with Crippen LogP contribution in [0.5, 0.6) is 0 Å². The zero-order chi connectivity index (χ0) is 15.5. The van der Waals surface area contributed by atoms with Crippen molar-refractivity contribution in [2.24, 2.45) is 0 Å². The molecule has 1 amide bonds. The Kier molecular flexibility index (Phi) is 4.96. The van der Waals surface area contributed by atoms with Crippen LogP contribution < -0.4 is 5.32 Å². The van der Waals surface area contributed by atoms with Crippen molar-refractivity contribution < 1.29 is 17.8 Å². The van der Waals surface area contributed by atoms with E-state index in [0.29, 0.717) is 11.3 Å². The van der Waals surface area contributed by atoms with Gasteiger partial charge in [-0.15, -0.1) is 0 Å². The van der Waals surface area contributed by atoms with Crippen LogP contribution in [0, 0.1) is 0 Å². The third kappa shape index (κ3) is 4.26. The molecule has 2 aromatic carbocycles. The van der Waals surface area contributed by atoms with Crippen LogP contribution in [0.3, 0.4) is 0 Å². The van der Waals surface area contributed by atoms with E-state index < -0.39 is 10.1 Å². The average molecular weight is 417 g/mol. The van der Waals surface area contributed by atoms with Crippen molar-refractivity contribution in [2.45, 2.75) is 9.32 Å². The summed E-state index contributed by atoms with van der Waals surface area (Å²) in [6, 6.07) is 12.5. The van der Waals surface area contributed by atoms with Crippen molar-refractivity contribution >= 4 is 44.3 Å². The number of rotatable bonds is 4. The zero-order valence-corrected chi connectivity index (χ0v) is 13.8. The van der Waals surface area contributed by atoms with Crippen LogP contribution in [0.4, 0.5) is 5.69 Å². The van der Waals surface area contributed by atoms with Gasteiger partial charge in [-0.05, 0) is 42.0 Å². The molecule has 0 saturated carbocycles. The number of carbonyl (C=O) groups excluding carboxylic acids is 1. The first-order valence-electron chi connectivity index (χ1n) is 5.94. The summed E-state index contributed by atoms with van der Waals surface area (Å²) in [5, 5.41) is 2.66. The van der Waals surface area contributed by atoms with Gasteiger partial charge in [-0.1, -0.05) is 34.7 Å². The maximum Gasteiger partial charge on any atom is 0.294 e. The fourth-order valence-corrected chi connectivity index (χ4v) is 2.65. The molecule has 0 aliphatic carbocycles. The number of benzene rings is 2. The molecule has 0 bridgehead atoms. The molecule has 0 unspecified atom stereocenters. The molecule has 2 N–H and O–H groups in total. The molecule has 5 nitrogen and oxygen atoms in total. The van der Waals surface area contributed by atoms with Gasteiger partial charge in [0.2, 0.25) is 0 Å². The number of alkyl halides is 1. The molecule has 2 aromatic rings. The van der Waals surface area contributed by atoms with Gasteiger partial charge in [0.15, 0.2) is 0 Å². The van der Waals surface area contributed by atoms with E-state index in [-0.39, 0.29) is 10.8 Å². The Morgan fingerprint density at radius 3 is 2.10 bits per heavy atom. The lowest BCUT2D eigenvalue weighted by Gasteiger charge is -2.06. The SMILES string of the molecule is O=C(Nc1ccc(S(=O)(=O)O)cc1)c1ccc(CI)cc1. The first-order chi connectivity index (χ1) is 9.90. The predicted molar refractivity (Wildman–Crippen MR) is 88.4 cm³/mol. The highest BCUT2D eigenvalue weighted by molar-refractivity contribution is 14.1. The Bertz CT molecular complexity index is 740. The molecular weight excluding hydrogens is 405 g/mol. The summed E-state index contributed by atoms with van der Waals surface area (Å²) in [4.78, 5) is 11.8. The van der Waals surface area contributed by atoms with E-state index >= 15 is 0 Å². The lowest BCUT2D eigenvalue weighted by Crippen LogP contribution is -2.11. The van der Waals surface area contributed by atoms with Crippen LogP contribution in [0.1, 0.15) is 15.9 Å². The lowest BCUT2D eigenvalue weighted by molar-refractivity contribution is 0.102. The minimum absolute atomic E-state index is 0.216. The number of halogens is 1. The zero-order valence-electron chi connectivity index (χ0n) is 10.8. The highest BCUT2D eigenvalue weighted by Gasteiger charge is 2.10. The van der Waals surface area contributed by atoms with Crippen molar-refractivity contribution in [3.8, 4) is 0 Å². The molecule has 2 rings (SSSR count). The van der Waals surface area contributed by atoms with Crippen LogP contribution in [-0.4, -0.2) is 18.9 Å².